The zero-order chi connectivity index (χ0) is 12.5. The van der Waals surface area contributed by atoms with Crippen molar-refractivity contribution in [2.24, 2.45) is 0 Å². The third kappa shape index (κ3) is 1.95. The molecule has 5 heteroatoms. The monoisotopic (exact) mass is 248 g/mol. The Morgan fingerprint density at radius 2 is 2.33 bits per heavy atom. The molecule has 1 aromatic rings. The van der Waals surface area contributed by atoms with E-state index in [4.69, 9.17) is 9.47 Å². The predicted octanol–water partition coefficient (Wildman–Crippen LogP) is 0.851. The van der Waals surface area contributed by atoms with Gasteiger partial charge in [-0.25, -0.2) is 0 Å². The number of carbonyl (C=O) groups excluding carboxylic acids is 1. The summed E-state index contributed by atoms with van der Waals surface area (Å²) >= 11 is 0. The summed E-state index contributed by atoms with van der Waals surface area (Å²) in [6.45, 7) is 2.18. The number of fused-ring (bicyclic) bond motifs is 1. The number of amides is 1. The van der Waals surface area contributed by atoms with Crippen LogP contribution in [0.3, 0.4) is 0 Å². The zero-order valence-electron chi connectivity index (χ0n) is 10.3. The number of rotatable bonds is 2. The number of nitrogens with one attached hydrogen (secondary N) is 2. The summed E-state index contributed by atoms with van der Waals surface area (Å²) in [7, 11) is 1.64. The Balaban J connectivity index is 2.01. The van der Waals surface area contributed by atoms with Gasteiger partial charge in [-0.2, -0.15) is 0 Å². The molecule has 1 amide bonds. The number of anilines is 1. The Bertz CT molecular complexity index is 481. The first kappa shape index (κ1) is 11.5. The summed E-state index contributed by atoms with van der Waals surface area (Å²) in [5, 5.41) is 6.32. The minimum Gasteiger partial charge on any atom is -0.497 e. The minimum atomic E-state index is 0.0382. The van der Waals surface area contributed by atoms with Gasteiger partial charge in [-0.15, -0.1) is 0 Å². The fourth-order valence-electron chi connectivity index (χ4n) is 2.50. The maximum Gasteiger partial charge on any atom is 0.228 e. The van der Waals surface area contributed by atoms with E-state index in [1.807, 2.05) is 12.1 Å². The number of hydrogen-bond acceptors (Lipinski definition) is 4. The van der Waals surface area contributed by atoms with Crippen molar-refractivity contribution in [3.63, 3.8) is 0 Å². The van der Waals surface area contributed by atoms with Crippen molar-refractivity contribution in [3.8, 4) is 5.75 Å². The highest BCUT2D eigenvalue weighted by Crippen LogP contribution is 2.35. The van der Waals surface area contributed by atoms with Crippen molar-refractivity contribution < 1.29 is 14.3 Å². The number of carbonyl (C=O) groups is 1. The van der Waals surface area contributed by atoms with E-state index >= 15 is 0 Å². The lowest BCUT2D eigenvalue weighted by Gasteiger charge is -2.26. The van der Waals surface area contributed by atoms with Crippen LogP contribution < -0.4 is 15.4 Å². The van der Waals surface area contributed by atoms with Crippen LogP contribution in [0.25, 0.3) is 0 Å². The van der Waals surface area contributed by atoms with Gasteiger partial charge in [-0.05, 0) is 23.3 Å². The van der Waals surface area contributed by atoms with E-state index in [1.165, 1.54) is 0 Å². The van der Waals surface area contributed by atoms with E-state index in [0.717, 1.165) is 35.7 Å². The smallest absolute Gasteiger partial charge is 0.228 e. The van der Waals surface area contributed by atoms with Crippen LogP contribution in [0.1, 0.15) is 17.2 Å². The Labute approximate surface area is 105 Å². The van der Waals surface area contributed by atoms with Gasteiger partial charge in [0.15, 0.2) is 0 Å². The van der Waals surface area contributed by atoms with Crippen molar-refractivity contribution in [1.29, 1.82) is 0 Å². The number of methoxy groups -OCH3 is 1. The summed E-state index contributed by atoms with van der Waals surface area (Å²) in [6.07, 6.45) is 0.424. The number of benzene rings is 1. The molecule has 0 aromatic heterocycles. The summed E-state index contributed by atoms with van der Waals surface area (Å²) in [4.78, 5) is 11.5. The summed E-state index contributed by atoms with van der Waals surface area (Å²) in [5.41, 5.74) is 2.97. The third-order valence-electron chi connectivity index (χ3n) is 3.37. The molecule has 1 saturated heterocycles. The highest BCUT2D eigenvalue weighted by Gasteiger charge is 2.27. The molecule has 1 aromatic carbocycles. The SMILES string of the molecule is COc1cc2c(c(C3COCCN3)c1)NC(=O)C2. The molecule has 2 aliphatic rings. The number of ether oxygens (including phenoxy) is 2. The second kappa shape index (κ2) is 4.59. The molecule has 2 heterocycles. The van der Waals surface area contributed by atoms with Crippen molar-refractivity contribution in [3.05, 3.63) is 23.3 Å². The van der Waals surface area contributed by atoms with E-state index in [2.05, 4.69) is 10.6 Å². The molecule has 18 heavy (non-hydrogen) atoms. The van der Waals surface area contributed by atoms with Gasteiger partial charge < -0.3 is 20.1 Å². The van der Waals surface area contributed by atoms with Gasteiger partial charge in [0, 0.05) is 12.2 Å². The van der Waals surface area contributed by atoms with E-state index in [-0.39, 0.29) is 11.9 Å². The van der Waals surface area contributed by atoms with Crippen molar-refractivity contribution in [2.75, 3.05) is 32.2 Å². The highest BCUT2D eigenvalue weighted by atomic mass is 16.5. The normalized spacial score (nSPS) is 22.5. The van der Waals surface area contributed by atoms with Crippen LogP contribution in [0.4, 0.5) is 5.69 Å². The van der Waals surface area contributed by atoms with Gasteiger partial charge in [0.25, 0.3) is 0 Å². The Morgan fingerprint density at radius 3 is 3.06 bits per heavy atom. The number of hydrogen-bond donors (Lipinski definition) is 2. The summed E-state index contributed by atoms with van der Waals surface area (Å²) in [6, 6.07) is 4.00. The standard InChI is InChI=1S/C13H16N2O3/c1-17-9-4-8-5-12(16)15-13(8)10(6-9)11-7-18-3-2-14-11/h4,6,11,14H,2-3,5,7H2,1H3,(H,15,16). The molecular weight excluding hydrogens is 232 g/mol. The first-order valence-electron chi connectivity index (χ1n) is 6.09. The Morgan fingerprint density at radius 1 is 1.44 bits per heavy atom. The van der Waals surface area contributed by atoms with Gasteiger partial charge >= 0.3 is 0 Å². The number of morpholine rings is 1. The average Bonchev–Trinajstić information content (AvgIpc) is 2.78. The summed E-state index contributed by atoms with van der Waals surface area (Å²) < 4.78 is 10.8. The molecule has 1 fully saturated rings. The van der Waals surface area contributed by atoms with E-state index < -0.39 is 0 Å². The molecule has 0 aliphatic carbocycles. The molecule has 96 valence electrons. The van der Waals surface area contributed by atoms with Gasteiger partial charge in [-0.1, -0.05) is 0 Å². The fourth-order valence-corrected chi connectivity index (χ4v) is 2.50. The van der Waals surface area contributed by atoms with Gasteiger partial charge in [0.2, 0.25) is 5.91 Å². The van der Waals surface area contributed by atoms with Gasteiger partial charge in [0.05, 0.1) is 32.8 Å². The van der Waals surface area contributed by atoms with E-state index in [1.54, 1.807) is 7.11 Å². The van der Waals surface area contributed by atoms with Crippen LogP contribution in [0, 0.1) is 0 Å². The fraction of sp³-hybridized carbons (Fsp3) is 0.462. The molecule has 0 radical (unpaired) electrons. The molecular formula is C13H16N2O3. The van der Waals surface area contributed by atoms with Crippen molar-refractivity contribution >= 4 is 11.6 Å². The molecule has 1 unspecified atom stereocenters. The maximum absolute atomic E-state index is 11.5. The second-order valence-electron chi connectivity index (χ2n) is 4.56. The van der Waals surface area contributed by atoms with E-state index in [0.29, 0.717) is 13.0 Å². The van der Waals surface area contributed by atoms with Crippen LogP contribution in [0.15, 0.2) is 12.1 Å². The summed E-state index contributed by atoms with van der Waals surface area (Å²) in [5.74, 6) is 0.823. The average molecular weight is 248 g/mol. The van der Waals surface area contributed by atoms with Crippen LogP contribution in [-0.2, 0) is 16.0 Å². The Hall–Kier alpha value is -1.59. The van der Waals surface area contributed by atoms with Crippen LogP contribution in [0.5, 0.6) is 5.75 Å². The topological polar surface area (TPSA) is 59.6 Å². The lowest BCUT2D eigenvalue weighted by Crippen LogP contribution is -2.35. The first-order valence-corrected chi connectivity index (χ1v) is 6.09. The lowest BCUT2D eigenvalue weighted by atomic mass is 10.0. The first-order chi connectivity index (χ1) is 8.78. The van der Waals surface area contributed by atoms with Crippen LogP contribution >= 0.6 is 0 Å². The predicted molar refractivity (Wildman–Crippen MR) is 66.9 cm³/mol. The molecule has 1 atom stereocenters. The molecule has 0 saturated carbocycles. The van der Waals surface area contributed by atoms with Crippen LogP contribution in [-0.4, -0.2) is 32.8 Å². The lowest BCUT2D eigenvalue weighted by molar-refractivity contribution is -0.115. The molecule has 2 aliphatic heterocycles. The molecule has 5 nitrogen and oxygen atoms in total. The van der Waals surface area contributed by atoms with Gasteiger partial charge in [0.1, 0.15) is 5.75 Å². The Kier molecular flexibility index (Phi) is 2.93. The largest absolute Gasteiger partial charge is 0.497 e. The highest BCUT2D eigenvalue weighted by molar-refractivity contribution is 6.00. The quantitative estimate of drug-likeness (QED) is 0.814. The van der Waals surface area contributed by atoms with Crippen molar-refractivity contribution in [1.82, 2.24) is 5.32 Å². The van der Waals surface area contributed by atoms with Crippen LogP contribution in [0.2, 0.25) is 0 Å². The molecule has 2 N–H and O–H groups in total. The second-order valence-corrected chi connectivity index (χ2v) is 4.56. The maximum atomic E-state index is 11.5. The van der Waals surface area contributed by atoms with Gasteiger partial charge in [-0.3, -0.25) is 4.79 Å². The third-order valence-corrected chi connectivity index (χ3v) is 3.37. The zero-order valence-corrected chi connectivity index (χ0v) is 10.3. The molecule has 3 rings (SSSR count). The van der Waals surface area contributed by atoms with E-state index in [9.17, 15) is 4.79 Å². The van der Waals surface area contributed by atoms with Crippen molar-refractivity contribution in [2.45, 2.75) is 12.5 Å². The molecule has 0 spiro atoms. The minimum absolute atomic E-state index is 0.0382. The molecule has 0 bridgehead atoms.